The van der Waals surface area contributed by atoms with Gasteiger partial charge in [-0.3, -0.25) is 4.79 Å². The molecule has 0 spiro atoms. The number of carbonyl (C=O) groups is 1. The molecular formula is C20H32O2. The van der Waals surface area contributed by atoms with Crippen LogP contribution in [0.3, 0.4) is 0 Å². The van der Waals surface area contributed by atoms with E-state index in [1.165, 1.54) is 25.7 Å². The first-order valence-electron chi connectivity index (χ1n) is 8.59. The van der Waals surface area contributed by atoms with E-state index in [1.54, 1.807) is 0 Å². The summed E-state index contributed by atoms with van der Waals surface area (Å²) in [6, 6.07) is 0. The summed E-state index contributed by atoms with van der Waals surface area (Å²) in [7, 11) is 0. The van der Waals surface area contributed by atoms with E-state index in [-0.39, 0.29) is 6.42 Å². The molecule has 0 aromatic rings. The molecule has 1 N–H and O–H groups in total. The van der Waals surface area contributed by atoms with E-state index in [4.69, 9.17) is 5.11 Å². The van der Waals surface area contributed by atoms with Crippen molar-refractivity contribution in [2.24, 2.45) is 0 Å². The van der Waals surface area contributed by atoms with Crippen molar-refractivity contribution in [3.05, 3.63) is 48.6 Å². The number of hydrogen-bond donors (Lipinski definition) is 1. The molecule has 0 aliphatic rings. The first-order chi connectivity index (χ1) is 10.8. The zero-order chi connectivity index (χ0) is 16.3. The van der Waals surface area contributed by atoms with Crippen molar-refractivity contribution in [2.75, 3.05) is 0 Å². The molecule has 22 heavy (non-hydrogen) atoms. The van der Waals surface area contributed by atoms with Crippen molar-refractivity contribution >= 4 is 5.97 Å². The molecule has 0 aliphatic heterocycles. The molecule has 0 saturated heterocycles. The van der Waals surface area contributed by atoms with Crippen LogP contribution < -0.4 is 0 Å². The van der Waals surface area contributed by atoms with E-state index in [0.29, 0.717) is 0 Å². The van der Waals surface area contributed by atoms with Crippen LogP contribution >= 0.6 is 0 Å². The number of allylic oxidation sites excluding steroid dienone is 8. The average Bonchev–Trinajstić information content (AvgIpc) is 2.50. The minimum Gasteiger partial charge on any atom is -0.481 e. The smallest absolute Gasteiger partial charge is 0.303 e. The molecule has 2 nitrogen and oxygen atoms in total. The summed E-state index contributed by atoms with van der Waals surface area (Å²) in [5, 5.41) is 8.49. The average molecular weight is 304 g/mol. The molecule has 0 saturated carbocycles. The minimum absolute atomic E-state index is 0.262. The summed E-state index contributed by atoms with van der Waals surface area (Å²) in [5.41, 5.74) is 0. The first kappa shape index (κ1) is 20.4. The Morgan fingerprint density at radius 3 is 1.64 bits per heavy atom. The third kappa shape index (κ3) is 18.4. The summed E-state index contributed by atoms with van der Waals surface area (Å²) >= 11 is 0. The Bertz CT molecular complexity index is 362. The van der Waals surface area contributed by atoms with Gasteiger partial charge in [0.05, 0.1) is 0 Å². The Morgan fingerprint density at radius 1 is 0.727 bits per heavy atom. The fourth-order valence-electron chi connectivity index (χ4n) is 1.93. The molecule has 0 bridgehead atoms. The van der Waals surface area contributed by atoms with Gasteiger partial charge < -0.3 is 5.11 Å². The Hall–Kier alpha value is -1.57. The maximum atomic E-state index is 10.3. The third-order valence-corrected chi connectivity index (χ3v) is 3.22. The standard InChI is InChI=1S/C20H32O2/c1-2-3-4-5-6-7-8-9-10-11-12-13-14-15-16-17-18-19-20(21)22/h6-7,9-10,12-13,15-16H,2-5,8,11,14,17-19H2,1H3,(H,21,22)/b7-6-,10-9+,13-12-,16-15+. The molecule has 0 atom stereocenters. The van der Waals surface area contributed by atoms with Gasteiger partial charge in [0.15, 0.2) is 0 Å². The Labute approximate surface area is 136 Å². The SMILES string of the molecule is CCCCC/C=C\C/C=C/C/C=C\C/C=C/CCCC(=O)O. The normalized spacial score (nSPS) is 12.4. The van der Waals surface area contributed by atoms with Gasteiger partial charge >= 0.3 is 5.97 Å². The zero-order valence-corrected chi connectivity index (χ0v) is 14.0. The highest BCUT2D eigenvalue weighted by Gasteiger charge is 1.92. The Morgan fingerprint density at radius 2 is 1.18 bits per heavy atom. The number of carboxylic acids is 1. The van der Waals surface area contributed by atoms with Gasteiger partial charge in [0, 0.05) is 6.42 Å². The monoisotopic (exact) mass is 304 g/mol. The van der Waals surface area contributed by atoms with Gasteiger partial charge in [0.2, 0.25) is 0 Å². The van der Waals surface area contributed by atoms with Crippen LogP contribution in [0.2, 0.25) is 0 Å². The number of rotatable bonds is 14. The van der Waals surface area contributed by atoms with E-state index in [1.807, 2.05) is 0 Å². The molecule has 0 unspecified atom stereocenters. The second-order valence-corrected chi connectivity index (χ2v) is 5.37. The van der Waals surface area contributed by atoms with Crippen molar-refractivity contribution in [2.45, 2.75) is 71.1 Å². The van der Waals surface area contributed by atoms with Crippen molar-refractivity contribution in [3.63, 3.8) is 0 Å². The second kappa shape index (κ2) is 17.5. The molecule has 124 valence electrons. The summed E-state index contributed by atoms with van der Waals surface area (Å²) in [6.45, 7) is 2.23. The van der Waals surface area contributed by atoms with E-state index >= 15 is 0 Å². The molecule has 0 rings (SSSR count). The largest absolute Gasteiger partial charge is 0.481 e. The van der Waals surface area contributed by atoms with Crippen LogP contribution in [0.1, 0.15) is 71.1 Å². The predicted molar refractivity (Wildman–Crippen MR) is 96.0 cm³/mol. The lowest BCUT2D eigenvalue weighted by Gasteiger charge is -1.90. The zero-order valence-electron chi connectivity index (χ0n) is 14.0. The van der Waals surface area contributed by atoms with E-state index in [0.717, 1.165) is 32.1 Å². The van der Waals surface area contributed by atoms with Crippen molar-refractivity contribution in [1.29, 1.82) is 0 Å². The van der Waals surface area contributed by atoms with E-state index in [9.17, 15) is 4.79 Å². The summed E-state index contributed by atoms with van der Waals surface area (Å²) in [6.07, 6.45) is 27.3. The molecule has 0 aromatic heterocycles. The van der Waals surface area contributed by atoms with E-state index < -0.39 is 5.97 Å². The van der Waals surface area contributed by atoms with Crippen LogP contribution in [0.4, 0.5) is 0 Å². The lowest BCUT2D eigenvalue weighted by atomic mass is 10.2. The first-order valence-corrected chi connectivity index (χ1v) is 8.59. The van der Waals surface area contributed by atoms with E-state index in [2.05, 4.69) is 55.5 Å². The second-order valence-electron chi connectivity index (χ2n) is 5.37. The number of aliphatic carboxylic acids is 1. The van der Waals surface area contributed by atoms with Gasteiger partial charge in [0.25, 0.3) is 0 Å². The molecular weight excluding hydrogens is 272 g/mol. The maximum Gasteiger partial charge on any atom is 0.303 e. The van der Waals surface area contributed by atoms with Gasteiger partial charge in [0.1, 0.15) is 0 Å². The molecule has 0 amide bonds. The minimum atomic E-state index is -0.712. The van der Waals surface area contributed by atoms with Crippen LogP contribution in [-0.4, -0.2) is 11.1 Å². The summed E-state index contributed by atoms with van der Waals surface area (Å²) in [4.78, 5) is 10.3. The van der Waals surface area contributed by atoms with Gasteiger partial charge in [-0.2, -0.15) is 0 Å². The summed E-state index contributed by atoms with van der Waals surface area (Å²) in [5.74, 6) is -0.712. The summed E-state index contributed by atoms with van der Waals surface area (Å²) < 4.78 is 0. The lowest BCUT2D eigenvalue weighted by Crippen LogP contribution is -1.92. The van der Waals surface area contributed by atoms with Gasteiger partial charge in [-0.05, 0) is 44.9 Å². The number of carboxylic acid groups (broad SMARTS) is 1. The fourth-order valence-corrected chi connectivity index (χ4v) is 1.93. The highest BCUT2D eigenvalue weighted by atomic mass is 16.4. The van der Waals surface area contributed by atoms with Crippen molar-refractivity contribution < 1.29 is 9.90 Å². The van der Waals surface area contributed by atoms with Gasteiger partial charge in [-0.1, -0.05) is 68.4 Å². The Kier molecular flexibility index (Phi) is 16.2. The van der Waals surface area contributed by atoms with Crippen LogP contribution in [-0.2, 0) is 4.79 Å². The van der Waals surface area contributed by atoms with Crippen LogP contribution in [0.25, 0.3) is 0 Å². The third-order valence-electron chi connectivity index (χ3n) is 3.22. The van der Waals surface area contributed by atoms with Crippen LogP contribution in [0, 0.1) is 0 Å². The Balaban J connectivity index is 3.40. The van der Waals surface area contributed by atoms with Crippen molar-refractivity contribution in [1.82, 2.24) is 0 Å². The van der Waals surface area contributed by atoms with Crippen LogP contribution in [0.15, 0.2) is 48.6 Å². The predicted octanol–water partition coefficient (Wildman–Crippen LogP) is 6.22. The maximum absolute atomic E-state index is 10.3. The van der Waals surface area contributed by atoms with Gasteiger partial charge in [-0.15, -0.1) is 0 Å². The molecule has 0 aliphatic carbocycles. The highest BCUT2D eigenvalue weighted by Crippen LogP contribution is 2.01. The lowest BCUT2D eigenvalue weighted by molar-refractivity contribution is -0.137. The number of hydrogen-bond acceptors (Lipinski definition) is 1. The van der Waals surface area contributed by atoms with Gasteiger partial charge in [-0.25, -0.2) is 0 Å². The fraction of sp³-hybridized carbons (Fsp3) is 0.550. The van der Waals surface area contributed by atoms with Crippen LogP contribution in [0.5, 0.6) is 0 Å². The molecule has 0 radical (unpaired) electrons. The topological polar surface area (TPSA) is 37.3 Å². The highest BCUT2D eigenvalue weighted by molar-refractivity contribution is 5.66. The molecule has 0 aromatic carbocycles. The number of unbranched alkanes of at least 4 members (excludes halogenated alkanes) is 4. The van der Waals surface area contributed by atoms with Crippen molar-refractivity contribution in [3.8, 4) is 0 Å². The quantitative estimate of drug-likeness (QED) is 0.305. The molecule has 0 fully saturated rings. The molecule has 2 heteroatoms. The molecule has 0 heterocycles.